The molecule has 0 spiro atoms. The summed E-state index contributed by atoms with van der Waals surface area (Å²) in [6.07, 6.45) is 4.25. The number of aryl methyl sites for hydroxylation is 2. The van der Waals surface area contributed by atoms with Crippen LogP contribution in [0, 0.1) is 6.92 Å². The minimum Gasteiger partial charge on any atom is -0.358 e. The number of piperidine rings is 1. The molecule has 3 aromatic rings. The molecule has 1 aliphatic heterocycles. The van der Waals surface area contributed by atoms with Crippen molar-refractivity contribution in [1.29, 1.82) is 0 Å². The van der Waals surface area contributed by atoms with E-state index in [0.29, 0.717) is 6.04 Å². The molecule has 162 valence electrons. The molecular formula is C25H30N4O2. The van der Waals surface area contributed by atoms with Gasteiger partial charge in [-0.15, -0.1) is 0 Å². The molecule has 6 heteroatoms. The monoisotopic (exact) mass is 418 g/mol. The highest BCUT2D eigenvalue weighted by Crippen LogP contribution is 2.39. The minimum absolute atomic E-state index is 0.0555. The standard InChI is InChI=1S/C25H30N4O2/c1-17-7-8-18-9-10-21(20(18)15-17)27-13-11-19(12-14-27)29-23-6-4-3-5-22(23)28(25(29)31)16-24(30)26-2/h3-8,15,19,21H,9-14,16H2,1-2H3,(H,26,30). The van der Waals surface area contributed by atoms with Crippen molar-refractivity contribution in [2.75, 3.05) is 20.1 Å². The number of rotatable bonds is 4. The summed E-state index contributed by atoms with van der Waals surface area (Å²) in [6, 6.07) is 15.4. The van der Waals surface area contributed by atoms with E-state index in [1.54, 1.807) is 11.6 Å². The Hall–Kier alpha value is -2.86. The van der Waals surface area contributed by atoms with Crippen molar-refractivity contribution in [2.24, 2.45) is 0 Å². The Balaban J connectivity index is 1.39. The topological polar surface area (TPSA) is 59.3 Å². The first kappa shape index (κ1) is 20.1. The molecule has 5 rings (SSSR count). The molecule has 6 nitrogen and oxygen atoms in total. The maximum Gasteiger partial charge on any atom is 0.329 e. The van der Waals surface area contributed by atoms with Crippen molar-refractivity contribution in [3.63, 3.8) is 0 Å². The number of imidazole rings is 1. The van der Waals surface area contributed by atoms with Gasteiger partial charge in [0.2, 0.25) is 5.91 Å². The zero-order valence-electron chi connectivity index (χ0n) is 18.3. The smallest absolute Gasteiger partial charge is 0.329 e. The van der Waals surface area contributed by atoms with Gasteiger partial charge in [-0.1, -0.05) is 35.9 Å². The number of para-hydroxylation sites is 2. The first-order valence-corrected chi connectivity index (χ1v) is 11.3. The fourth-order valence-electron chi connectivity index (χ4n) is 5.50. The number of nitrogens with one attached hydrogen (secondary N) is 1. The molecule has 2 aliphatic rings. The molecule has 0 bridgehead atoms. The van der Waals surface area contributed by atoms with Crippen LogP contribution in [0.2, 0.25) is 0 Å². The third kappa shape index (κ3) is 3.49. The average molecular weight is 419 g/mol. The van der Waals surface area contributed by atoms with E-state index < -0.39 is 0 Å². The van der Waals surface area contributed by atoms with Gasteiger partial charge < -0.3 is 5.32 Å². The Labute approximate surface area is 182 Å². The molecule has 1 saturated heterocycles. The molecule has 0 radical (unpaired) electrons. The van der Waals surface area contributed by atoms with E-state index in [9.17, 15) is 9.59 Å². The predicted molar refractivity (Wildman–Crippen MR) is 122 cm³/mol. The summed E-state index contributed by atoms with van der Waals surface area (Å²) in [6.45, 7) is 4.21. The van der Waals surface area contributed by atoms with Gasteiger partial charge in [0.15, 0.2) is 0 Å². The first-order chi connectivity index (χ1) is 15.1. The highest BCUT2D eigenvalue weighted by atomic mass is 16.2. The third-order valence-electron chi connectivity index (χ3n) is 7.10. The quantitative estimate of drug-likeness (QED) is 0.708. The van der Waals surface area contributed by atoms with Crippen LogP contribution < -0.4 is 11.0 Å². The molecule has 1 aliphatic carbocycles. The fourth-order valence-corrected chi connectivity index (χ4v) is 5.50. The summed E-state index contributed by atoms with van der Waals surface area (Å²) in [5.41, 5.74) is 6.00. The van der Waals surface area contributed by atoms with E-state index in [0.717, 1.165) is 43.4 Å². The second-order valence-electron chi connectivity index (χ2n) is 8.92. The second kappa shape index (κ2) is 8.00. The normalized spacial score (nSPS) is 19.6. The molecule has 2 aromatic carbocycles. The van der Waals surface area contributed by atoms with E-state index in [-0.39, 0.29) is 24.2 Å². The van der Waals surface area contributed by atoms with E-state index >= 15 is 0 Å². The Morgan fingerprint density at radius 1 is 1.06 bits per heavy atom. The van der Waals surface area contributed by atoms with Crippen LogP contribution in [0.3, 0.4) is 0 Å². The van der Waals surface area contributed by atoms with E-state index in [1.807, 2.05) is 28.8 Å². The second-order valence-corrected chi connectivity index (χ2v) is 8.92. The van der Waals surface area contributed by atoms with Crippen LogP contribution in [-0.2, 0) is 17.8 Å². The van der Waals surface area contributed by atoms with Crippen LogP contribution in [0.15, 0.2) is 47.3 Å². The van der Waals surface area contributed by atoms with Crippen molar-refractivity contribution >= 4 is 16.9 Å². The van der Waals surface area contributed by atoms with Crippen LogP contribution in [-0.4, -0.2) is 40.1 Å². The SMILES string of the molecule is CNC(=O)Cn1c(=O)n(C2CCN(C3CCc4ccc(C)cc43)CC2)c2ccccc21. The zero-order valence-corrected chi connectivity index (χ0v) is 18.3. The maximum absolute atomic E-state index is 13.3. The van der Waals surface area contributed by atoms with E-state index in [4.69, 9.17) is 0 Å². The minimum atomic E-state index is -0.157. The number of aromatic nitrogens is 2. The summed E-state index contributed by atoms with van der Waals surface area (Å²) in [7, 11) is 1.60. The number of nitrogens with zero attached hydrogens (tertiary/aromatic N) is 3. The summed E-state index contributed by atoms with van der Waals surface area (Å²) < 4.78 is 3.54. The highest BCUT2D eigenvalue weighted by molar-refractivity contribution is 5.80. The Morgan fingerprint density at radius 3 is 2.55 bits per heavy atom. The van der Waals surface area contributed by atoms with Gasteiger partial charge in [0, 0.05) is 32.2 Å². The van der Waals surface area contributed by atoms with Gasteiger partial charge in [0.05, 0.1) is 11.0 Å². The number of likely N-dealkylation sites (N-methyl/N-ethyl adjacent to an activating group) is 1. The Kier molecular flexibility index (Phi) is 5.18. The van der Waals surface area contributed by atoms with Gasteiger partial charge in [0.25, 0.3) is 0 Å². The van der Waals surface area contributed by atoms with E-state index in [2.05, 4.69) is 35.3 Å². The lowest BCUT2D eigenvalue weighted by Gasteiger charge is -2.36. The highest BCUT2D eigenvalue weighted by Gasteiger charge is 2.32. The molecule has 1 amide bonds. The van der Waals surface area contributed by atoms with Gasteiger partial charge >= 0.3 is 5.69 Å². The van der Waals surface area contributed by atoms with Crippen LogP contribution >= 0.6 is 0 Å². The third-order valence-corrected chi connectivity index (χ3v) is 7.10. The lowest BCUT2D eigenvalue weighted by Crippen LogP contribution is -2.39. The van der Waals surface area contributed by atoms with Crippen molar-refractivity contribution in [1.82, 2.24) is 19.4 Å². The van der Waals surface area contributed by atoms with Crippen molar-refractivity contribution in [2.45, 2.75) is 51.2 Å². The van der Waals surface area contributed by atoms with Crippen LogP contribution in [0.4, 0.5) is 0 Å². The Morgan fingerprint density at radius 2 is 1.81 bits per heavy atom. The molecule has 0 saturated carbocycles. The summed E-state index contributed by atoms with van der Waals surface area (Å²) >= 11 is 0. The van der Waals surface area contributed by atoms with Crippen molar-refractivity contribution < 1.29 is 4.79 Å². The molecule has 1 atom stereocenters. The van der Waals surface area contributed by atoms with Gasteiger partial charge in [-0.2, -0.15) is 0 Å². The maximum atomic E-state index is 13.3. The number of fused-ring (bicyclic) bond motifs is 2. The number of amides is 1. The number of benzene rings is 2. The number of likely N-dealkylation sites (tertiary alicyclic amines) is 1. The molecule has 1 N–H and O–H groups in total. The lowest BCUT2D eigenvalue weighted by atomic mass is 9.99. The molecule has 1 aromatic heterocycles. The number of hydrogen-bond donors (Lipinski definition) is 1. The van der Waals surface area contributed by atoms with Crippen molar-refractivity contribution in [3.8, 4) is 0 Å². The van der Waals surface area contributed by atoms with E-state index in [1.165, 1.54) is 23.1 Å². The summed E-state index contributed by atoms with van der Waals surface area (Å²) in [4.78, 5) is 27.9. The predicted octanol–water partition coefficient (Wildman–Crippen LogP) is 3.18. The molecular weight excluding hydrogens is 388 g/mol. The zero-order chi connectivity index (χ0) is 21.5. The largest absolute Gasteiger partial charge is 0.358 e. The number of carbonyl (C=O) groups is 1. The molecule has 1 fully saturated rings. The van der Waals surface area contributed by atoms with Crippen LogP contribution in [0.25, 0.3) is 11.0 Å². The molecule has 2 heterocycles. The lowest BCUT2D eigenvalue weighted by molar-refractivity contribution is -0.121. The Bertz CT molecular complexity index is 1180. The van der Waals surface area contributed by atoms with Crippen molar-refractivity contribution in [3.05, 3.63) is 69.6 Å². The molecule has 1 unspecified atom stereocenters. The summed E-state index contributed by atoms with van der Waals surface area (Å²) in [5, 5.41) is 2.63. The van der Waals surface area contributed by atoms with Crippen LogP contribution in [0.1, 0.15) is 48.0 Å². The summed E-state index contributed by atoms with van der Waals surface area (Å²) in [5.74, 6) is -0.157. The fraction of sp³-hybridized carbons (Fsp3) is 0.440. The number of hydrogen-bond acceptors (Lipinski definition) is 3. The average Bonchev–Trinajstić information content (AvgIpc) is 3.32. The number of carbonyl (C=O) groups excluding carboxylic acids is 1. The van der Waals surface area contributed by atoms with Gasteiger partial charge in [-0.3, -0.25) is 18.8 Å². The molecule has 31 heavy (non-hydrogen) atoms. The van der Waals surface area contributed by atoms with Gasteiger partial charge in [0.1, 0.15) is 6.54 Å². The van der Waals surface area contributed by atoms with Gasteiger partial charge in [-0.05, 0) is 55.9 Å². The first-order valence-electron chi connectivity index (χ1n) is 11.3. The van der Waals surface area contributed by atoms with Crippen LogP contribution in [0.5, 0.6) is 0 Å². The van der Waals surface area contributed by atoms with Gasteiger partial charge in [-0.25, -0.2) is 4.79 Å².